The van der Waals surface area contributed by atoms with Crippen molar-refractivity contribution >= 4 is 0 Å². The molecule has 0 aliphatic heterocycles. The first kappa shape index (κ1) is 25.2. The summed E-state index contributed by atoms with van der Waals surface area (Å²) < 4.78 is 0. The van der Waals surface area contributed by atoms with E-state index in [1.807, 2.05) is 0 Å². The summed E-state index contributed by atoms with van der Waals surface area (Å²) >= 11 is 0. The maximum Gasteiger partial charge on any atom is 1.00 e. The van der Waals surface area contributed by atoms with Gasteiger partial charge in [-0.25, -0.2) is 0 Å². The fraction of sp³-hybridized carbons (Fsp3) is 0. The van der Waals surface area contributed by atoms with E-state index in [-0.39, 0.29) is 35.0 Å². The molecule has 0 bridgehead atoms. The fourth-order valence-electron chi connectivity index (χ4n) is 0. The van der Waals surface area contributed by atoms with Crippen LogP contribution in [-0.4, -0.2) is 5.48 Å². The molecule has 0 aliphatic rings. The van der Waals surface area contributed by atoms with E-state index >= 15 is 0 Å². The van der Waals surface area contributed by atoms with Crippen molar-refractivity contribution in [3.63, 3.8) is 0 Å². The molecule has 0 rings (SSSR count). The van der Waals surface area contributed by atoms with Gasteiger partial charge in [0.15, 0.2) is 0 Å². The number of nitrogens with zero attached hydrogens (tertiary/aromatic N) is 1. The maximum absolute atomic E-state index is 6.25. The van der Waals surface area contributed by atoms with E-state index in [1.165, 1.54) is 0 Å². The van der Waals surface area contributed by atoms with Crippen LogP contribution in [0.2, 0.25) is 0 Å². The van der Waals surface area contributed by atoms with Gasteiger partial charge in [0.25, 0.3) is 0 Å². The maximum atomic E-state index is 6.25. The molecule has 0 heterocycles. The van der Waals surface area contributed by atoms with E-state index in [4.69, 9.17) is 11.8 Å². The van der Waals surface area contributed by atoms with Gasteiger partial charge >= 0.3 is 29.6 Å². The van der Waals surface area contributed by atoms with Crippen LogP contribution in [0.15, 0.2) is 0 Å². The Hall–Kier alpha value is 0.450. The van der Waals surface area contributed by atoms with Gasteiger partial charge in [-0.3, -0.25) is 0 Å². The number of rotatable bonds is 0. The molecule has 3 heteroatoms. The molecule has 0 saturated carbocycles. The normalized spacial score (nSPS) is 0.500. The summed E-state index contributed by atoms with van der Waals surface area (Å²) in [6.45, 7) is 4.75. The number of hydrogen-bond acceptors (Lipinski definition) is 2. The van der Waals surface area contributed by atoms with Crippen LogP contribution in [0.1, 0.15) is 0 Å². The van der Waals surface area contributed by atoms with E-state index < -0.39 is 0 Å². The zero-order valence-corrected chi connectivity index (χ0v) is 4.39. The fourth-order valence-corrected chi connectivity index (χ4v) is 0. The molecule has 0 aliphatic carbocycles. The molecule has 0 spiro atoms. The predicted molar refractivity (Wildman–Crippen MR) is 6.90 cm³/mol. The van der Waals surface area contributed by atoms with Gasteiger partial charge in [-0.1, -0.05) is 0 Å². The summed E-state index contributed by atoms with van der Waals surface area (Å²) in [5, 5.41) is 6.25. The van der Waals surface area contributed by atoms with Gasteiger partial charge in [0, 0.05) is 0 Å². The topological polar surface area (TPSA) is 53.8 Å². The van der Waals surface area contributed by atoms with Gasteiger partial charge in [0.05, 0.1) is 0 Å². The minimum Gasteiger partial charge on any atom is -0.870 e. The SMILES string of the molecule is [C-]#N.[Na+].[OH-]. The molecule has 0 aromatic rings. The van der Waals surface area contributed by atoms with E-state index in [2.05, 4.69) is 0 Å². The third-order valence-corrected chi connectivity index (χ3v) is 0. The second-order valence-corrected chi connectivity index (χ2v) is 0. The standard InChI is InChI=1S/CN.Na.H2O/c1-2;;/h;;1H2/q-1;+1;/p-1. The molecule has 1 N–H and O–H groups in total. The van der Waals surface area contributed by atoms with Gasteiger partial charge in [0.2, 0.25) is 0 Å². The minimum absolute atomic E-state index is 0. The van der Waals surface area contributed by atoms with Gasteiger partial charge in [-0.05, 0) is 0 Å². The third kappa shape index (κ3) is 25.4. The van der Waals surface area contributed by atoms with Crippen molar-refractivity contribution in [1.82, 2.24) is 0 Å². The van der Waals surface area contributed by atoms with Gasteiger partial charge in [0.1, 0.15) is 0 Å². The molecule has 2 nitrogen and oxygen atoms in total. The van der Waals surface area contributed by atoms with Crippen molar-refractivity contribution in [3.05, 3.63) is 6.57 Å². The van der Waals surface area contributed by atoms with Crippen molar-refractivity contribution in [2.45, 2.75) is 0 Å². The smallest absolute Gasteiger partial charge is 0.870 e. The van der Waals surface area contributed by atoms with Crippen molar-refractivity contribution in [3.8, 4) is 0 Å². The molecule has 0 radical (unpaired) electrons. The van der Waals surface area contributed by atoms with Crippen LogP contribution in [0.5, 0.6) is 0 Å². The molecule has 0 amide bonds. The Morgan fingerprint density at radius 2 is 1.25 bits per heavy atom. The summed E-state index contributed by atoms with van der Waals surface area (Å²) in [6.07, 6.45) is 0. The Bertz CT molecular complexity index is 12.8. The summed E-state index contributed by atoms with van der Waals surface area (Å²) in [5.74, 6) is 0. The van der Waals surface area contributed by atoms with Gasteiger partial charge < -0.3 is 17.3 Å². The molecular formula is CHNNaO-. The zero-order valence-electron chi connectivity index (χ0n) is 2.39. The zero-order chi connectivity index (χ0) is 2.00. The number of hydrogen-bond donors (Lipinski definition) is 0. The first-order chi connectivity index (χ1) is 1.00. The first-order valence-corrected chi connectivity index (χ1v) is 0.224. The Morgan fingerprint density at radius 3 is 1.25 bits per heavy atom. The van der Waals surface area contributed by atoms with E-state index in [9.17, 15) is 0 Å². The quantitative estimate of drug-likeness (QED) is 0.222. The summed E-state index contributed by atoms with van der Waals surface area (Å²) in [5.41, 5.74) is 0. The average molecular weight is 66.0 g/mol. The Morgan fingerprint density at radius 1 is 1.25 bits per heavy atom. The molecule has 4 heavy (non-hydrogen) atoms. The van der Waals surface area contributed by atoms with Crippen LogP contribution < -0.4 is 29.6 Å². The molecule has 0 fully saturated rings. The Balaban J connectivity index is -0.00000000500. The van der Waals surface area contributed by atoms with E-state index in [0.717, 1.165) is 0 Å². The second kappa shape index (κ2) is 102. The van der Waals surface area contributed by atoms with E-state index in [0.29, 0.717) is 0 Å². The molecule has 0 unspecified atom stereocenters. The van der Waals surface area contributed by atoms with Gasteiger partial charge in [-0.15, -0.1) is 0 Å². The van der Waals surface area contributed by atoms with Crippen LogP contribution in [-0.2, 0) is 0 Å². The van der Waals surface area contributed by atoms with Crippen LogP contribution in [0.4, 0.5) is 0 Å². The third-order valence-electron chi connectivity index (χ3n) is 0. The second-order valence-electron chi connectivity index (χ2n) is 0. The van der Waals surface area contributed by atoms with E-state index in [1.54, 1.807) is 0 Å². The van der Waals surface area contributed by atoms with Gasteiger partial charge in [-0.2, -0.15) is 0 Å². The van der Waals surface area contributed by atoms with Crippen LogP contribution >= 0.6 is 0 Å². The first-order valence-electron chi connectivity index (χ1n) is 0.224. The molecule has 0 aromatic heterocycles. The van der Waals surface area contributed by atoms with Crippen molar-refractivity contribution < 1.29 is 35.0 Å². The predicted octanol–water partition coefficient (Wildman–Crippen LogP) is -3.08. The summed E-state index contributed by atoms with van der Waals surface area (Å²) in [6, 6.07) is 0. The monoisotopic (exact) mass is 66.0 g/mol. The Labute approximate surface area is 47.0 Å². The minimum atomic E-state index is 0. The molecule has 0 atom stereocenters. The molecule has 0 saturated heterocycles. The largest absolute Gasteiger partial charge is 1.00 e. The van der Waals surface area contributed by atoms with Crippen LogP contribution in [0, 0.1) is 11.8 Å². The summed E-state index contributed by atoms with van der Waals surface area (Å²) in [7, 11) is 0. The van der Waals surface area contributed by atoms with Crippen molar-refractivity contribution in [2.75, 3.05) is 0 Å². The van der Waals surface area contributed by atoms with Crippen LogP contribution in [0.25, 0.3) is 0 Å². The summed E-state index contributed by atoms with van der Waals surface area (Å²) in [4.78, 5) is 0. The Kier molecular flexibility index (Phi) is 644. The molecule has 0 aromatic carbocycles. The molecule has 18 valence electrons. The van der Waals surface area contributed by atoms with Crippen molar-refractivity contribution in [2.24, 2.45) is 0 Å². The van der Waals surface area contributed by atoms with Crippen molar-refractivity contribution in [1.29, 1.82) is 5.26 Å². The average Bonchev–Trinajstić information content (AvgIpc) is 1.00. The van der Waals surface area contributed by atoms with Crippen LogP contribution in [0.3, 0.4) is 0 Å². The molecular weight excluding hydrogens is 65.0 g/mol.